The van der Waals surface area contributed by atoms with Crippen LogP contribution in [0.1, 0.15) is 46.5 Å². The lowest BCUT2D eigenvalue weighted by Gasteiger charge is -2.31. The molecule has 0 aromatic carbocycles. The van der Waals surface area contributed by atoms with E-state index in [4.69, 9.17) is 0 Å². The predicted molar refractivity (Wildman–Crippen MR) is 49.9 cm³/mol. The maximum absolute atomic E-state index is 11.5. The Morgan fingerprint density at radius 2 is 2.08 bits per heavy atom. The van der Waals surface area contributed by atoms with Crippen LogP contribution in [0.25, 0.3) is 0 Å². The molecule has 0 unspecified atom stereocenters. The molecule has 0 aliphatic heterocycles. The standard InChI is InChI=1S/C10H19NO/c1-4-10(2,3)11-9(12)8-6-5-7-8/h8H,4-7H2,1-3H3,(H,11,12). The number of hydrogen-bond donors (Lipinski definition) is 1. The number of hydrogen-bond acceptors (Lipinski definition) is 1. The zero-order valence-electron chi connectivity index (χ0n) is 8.31. The second-order valence-electron chi connectivity index (χ2n) is 4.35. The number of rotatable bonds is 3. The maximum atomic E-state index is 11.5. The average Bonchev–Trinajstić information content (AvgIpc) is 1.82. The first-order valence-electron chi connectivity index (χ1n) is 4.87. The molecular formula is C10H19NO. The Labute approximate surface area is 74.7 Å². The lowest BCUT2D eigenvalue weighted by atomic mass is 9.84. The Morgan fingerprint density at radius 3 is 2.42 bits per heavy atom. The van der Waals surface area contributed by atoms with Gasteiger partial charge in [-0.15, -0.1) is 0 Å². The molecule has 1 N–H and O–H groups in total. The first-order chi connectivity index (χ1) is 5.55. The molecule has 1 aliphatic rings. The van der Waals surface area contributed by atoms with Gasteiger partial charge in [0.2, 0.25) is 5.91 Å². The normalized spacial score (nSPS) is 18.6. The Morgan fingerprint density at radius 1 is 1.50 bits per heavy atom. The lowest BCUT2D eigenvalue weighted by molar-refractivity contribution is -0.129. The Kier molecular flexibility index (Phi) is 2.76. The molecule has 0 bridgehead atoms. The van der Waals surface area contributed by atoms with E-state index >= 15 is 0 Å². The van der Waals surface area contributed by atoms with Crippen molar-refractivity contribution in [3.8, 4) is 0 Å². The summed E-state index contributed by atoms with van der Waals surface area (Å²) in [5.74, 6) is 0.573. The van der Waals surface area contributed by atoms with E-state index in [9.17, 15) is 4.79 Å². The van der Waals surface area contributed by atoms with E-state index in [-0.39, 0.29) is 11.4 Å². The molecule has 2 nitrogen and oxygen atoms in total. The molecule has 0 atom stereocenters. The largest absolute Gasteiger partial charge is 0.351 e. The highest BCUT2D eigenvalue weighted by atomic mass is 16.2. The van der Waals surface area contributed by atoms with Crippen LogP contribution in [0.4, 0.5) is 0 Å². The summed E-state index contributed by atoms with van der Waals surface area (Å²) in [6, 6.07) is 0. The van der Waals surface area contributed by atoms with Gasteiger partial charge in [0, 0.05) is 11.5 Å². The van der Waals surface area contributed by atoms with Gasteiger partial charge in [0.05, 0.1) is 0 Å². The summed E-state index contributed by atoms with van der Waals surface area (Å²) < 4.78 is 0. The molecule has 1 aliphatic carbocycles. The average molecular weight is 169 g/mol. The second kappa shape index (κ2) is 3.46. The predicted octanol–water partition coefficient (Wildman–Crippen LogP) is 2.09. The van der Waals surface area contributed by atoms with Gasteiger partial charge < -0.3 is 5.32 Å². The van der Waals surface area contributed by atoms with Crippen molar-refractivity contribution in [3.05, 3.63) is 0 Å². The Hall–Kier alpha value is -0.530. The van der Waals surface area contributed by atoms with E-state index in [1.165, 1.54) is 6.42 Å². The highest BCUT2D eigenvalue weighted by Gasteiger charge is 2.28. The van der Waals surface area contributed by atoms with Crippen LogP contribution in [-0.4, -0.2) is 11.4 Å². The van der Waals surface area contributed by atoms with Gasteiger partial charge in [-0.25, -0.2) is 0 Å². The van der Waals surface area contributed by atoms with Crippen molar-refractivity contribution < 1.29 is 4.79 Å². The fraction of sp³-hybridized carbons (Fsp3) is 0.900. The highest BCUT2D eigenvalue weighted by molar-refractivity contribution is 5.80. The highest BCUT2D eigenvalue weighted by Crippen LogP contribution is 2.27. The summed E-state index contributed by atoms with van der Waals surface area (Å²) in [6.45, 7) is 6.24. The fourth-order valence-corrected chi connectivity index (χ4v) is 1.19. The van der Waals surface area contributed by atoms with Gasteiger partial charge in [-0.1, -0.05) is 13.3 Å². The summed E-state index contributed by atoms with van der Waals surface area (Å²) >= 11 is 0. The summed E-state index contributed by atoms with van der Waals surface area (Å²) in [5.41, 5.74) is -0.0212. The minimum absolute atomic E-state index is 0.0212. The molecule has 0 radical (unpaired) electrons. The molecule has 1 saturated carbocycles. The smallest absolute Gasteiger partial charge is 0.223 e. The van der Waals surface area contributed by atoms with E-state index in [2.05, 4.69) is 26.1 Å². The number of nitrogens with one attached hydrogen (secondary N) is 1. The minimum atomic E-state index is -0.0212. The van der Waals surface area contributed by atoms with Crippen LogP contribution in [0, 0.1) is 5.92 Å². The van der Waals surface area contributed by atoms with Crippen LogP contribution >= 0.6 is 0 Å². The van der Waals surface area contributed by atoms with Gasteiger partial charge in [-0.2, -0.15) is 0 Å². The van der Waals surface area contributed by atoms with Gasteiger partial charge in [0.1, 0.15) is 0 Å². The van der Waals surface area contributed by atoms with Crippen molar-refractivity contribution in [2.45, 2.75) is 52.0 Å². The van der Waals surface area contributed by atoms with E-state index < -0.39 is 0 Å². The zero-order valence-corrected chi connectivity index (χ0v) is 8.31. The molecular weight excluding hydrogens is 150 g/mol. The lowest BCUT2D eigenvalue weighted by Crippen LogP contribution is -2.47. The van der Waals surface area contributed by atoms with E-state index in [0.29, 0.717) is 5.92 Å². The first-order valence-corrected chi connectivity index (χ1v) is 4.87. The molecule has 0 spiro atoms. The summed E-state index contributed by atoms with van der Waals surface area (Å²) in [6.07, 6.45) is 4.40. The van der Waals surface area contributed by atoms with Gasteiger partial charge in [-0.05, 0) is 33.1 Å². The topological polar surface area (TPSA) is 29.1 Å². The Balaban J connectivity index is 2.34. The third kappa shape index (κ3) is 2.23. The SMILES string of the molecule is CCC(C)(C)NC(=O)C1CCC1. The third-order valence-electron chi connectivity index (χ3n) is 2.82. The first kappa shape index (κ1) is 9.56. The maximum Gasteiger partial charge on any atom is 0.223 e. The van der Waals surface area contributed by atoms with Gasteiger partial charge in [0.25, 0.3) is 0 Å². The van der Waals surface area contributed by atoms with E-state index in [1.807, 2.05) is 0 Å². The Bertz CT molecular complexity index is 171. The quantitative estimate of drug-likeness (QED) is 0.688. The molecule has 12 heavy (non-hydrogen) atoms. The second-order valence-corrected chi connectivity index (χ2v) is 4.35. The molecule has 0 aromatic rings. The minimum Gasteiger partial charge on any atom is -0.351 e. The molecule has 1 amide bonds. The van der Waals surface area contributed by atoms with Gasteiger partial charge in [0.15, 0.2) is 0 Å². The molecule has 0 aromatic heterocycles. The van der Waals surface area contributed by atoms with Crippen molar-refractivity contribution >= 4 is 5.91 Å². The van der Waals surface area contributed by atoms with Crippen molar-refractivity contribution in [1.29, 1.82) is 0 Å². The molecule has 70 valence electrons. The molecule has 0 heterocycles. The fourth-order valence-electron chi connectivity index (χ4n) is 1.19. The number of carbonyl (C=O) groups excluding carboxylic acids is 1. The van der Waals surface area contributed by atoms with Gasteiger partial charge >= 0.3 is 0 Å². The third-order valence-corrected chi connectivity index (χ3v) is 2.82. The molecule has 1 fully saturated rings. The number of carbonyl (C=O) groups is 1. The van der Waals surface area contributed by atoms with Crippen LogP contribution < -0.4 is 5.32 Å². The van der Waals surface area contributed by atoms with Crippen LogP contribution in [-0.2, 0) is 4.79 Å². The molecule has 2 heteroatoms. The zero-order chi connectivity index (χ0) is 9.19. The van der Waals surface area contributed by atoms with Crippen LogP contribution in [0.2, 0.25) is 0 Å². The van der Waals surface area contributed by atoms with Crippen molar-refractivity contribution in [2.24, 2.45) is 5.92 Å². The molecule has 1 rings (SSSR count). The van der Waals surface area contributed by atoms with Gasteiger partial charge in [-0.3, -0.25) is 4.79 Å². The summed E-state index contributed by atoms with van der Waals surface area (Å²) in [5, 5.41) is 3.07. The molecule has 0 saturated heterocycles. The van der Waals surface area contributed by atoms with Crippen LogP contribution in [0.15, 0.2) is 0 Å². The van der Waals surface area contributed by atoms with Crippen molar-refractivity contribution in [3.63, 3.8) is 0 Å². The van der Waals surface area contributed by atoms with Crippen LogP contribution in [0.5, 0.6) is 0 Å². The van der Waals surface area contributed by atoms with Crippen molar-refractivity contribution in [1.82, 2.24) is 5.32 Å². The summed E-state index contributed by atoms with van der Waals surface area (Å²) in [4.78, 5) is 11.5. The van der Waals surface area contributed by atoms with Crippen molar-refractivity contribution in [2.75, 3.05) is 0 Å². The van der Waals surface area contributed by atoms with E-state index in [1.54, 1.807) is 0 Å². The number of amides is 1. The van der Waals surface area contributed by atoms with Crippen LogP contribution in [0.3, 0.4) is 0 Å². The van der Waals surface area contributed by atoms with E-state index in [0.717, 1.165) is 19.3 Å². The summed E-state index contributed by atoms with van der Waals surface area (Å²) in [7, 11) is 0. The monoisotopic (exact) mass is 169 g/mol.